The molecule has 0 bridgehead atoms. The van der Waals surface area contributed by atoms with Gasteiger partial charge in [0.25, 0.3) is 0 Å². The first kappa shape index (κ1) is 15.2. The van der Waals surface area contributed by atoms with Gasteiger partial charge in [0, 0.05) is 18.5 Å². The van der Waals surface area contributed by atoms with Gasteiger partial charge in [-0.3, -0.25) is 0 Å². The summed E-state index contributed by atoms with van der Waals surface area (Å²) in [5.41, 5.74) is 6.66. The van der Waals surface area contributed by atoms with Crippen LogP contribution in [0.2, 0.25) is 5.02 Å². The van der Waals surface area contributed by atoms with Gasteiger partial charge in [0.2, 0.25) is 0 Å². The Morgan fingerprint density at radius 1 is 1.20 bits per heavy atom. The quantitative estimate of drug-likeness (QED) is 0.625. The van der Waals surface area contributed by atoms with Crippen LogP contribution in [-0.4, -0.2) is 17.3 Å². The zero-order valence-electron chi connectivity index (χ0n) is 11.1. The summed E-state index contributed by atoms with van der Waals surface area (Å²) in [5.74, 6) is 1.81. The normalized spacial score (nSPS) is 10.5. The van der Waals surface area contributed by atoms with Gasteiger partial charge in [-0.05, 0) is 36.2 Å². The maximum Gasteiger partial charge on any atom is 0.119 e. The summed E-state index contributed by atoms with van der Waals surface area (Å²) in [6.07, 6.45) is 2.69. The molecular weight excluding hydrogens is 292 g/mol. The fraction of sp³-hybridized carbons (Fsp3) is 0.267. The lowest BCUT2D eigenvalue weighted by Crippen LogP contribution is -2.00. The Labute approximate surface area is 128 Å². The molecule has 0 saturated carbocycles. The molecule has 0 aliphatic rings. The molecule has 20 heavy (non-hydrogen) atoms. The molecule has 0 spiro atoms. The van der Waals surface area contributed by atoms with Crippen molar-refractivity contribution >= 4 is 23.4 Å². The highest BCUT2D eigenvalue weighted by molar-refractivity contribution is 7.99. The number of pyridine rings is 1. The second kappa shape index (κ2) is 8.15. The molecule has 106 valence electrons. The number of nitrogens with two attached hydrogens (primary N) is 1. The zero-order valence-corrected chi connectivity index (χ0v) is 12.7. The molecule has 1 heterocycles. The molecule has 2 aromatic rings. The van der Waals surface area contributed by atoms with Crippen molar-refractivity contribution in [2.24, 2.45) is 5.73 Å². The molecule has 0 aliphatic carbocycles. The average molecular weight is 309 g/mol. The first-order chi connectivity index (χ1) is 9.79. The van der Waals surface area contributed by atoms with Gasteiger partial charge < -0.3 is 10.5 Å². The van der Waals surface area contributed by atoms with Crippen LogP contribution in [0.1, 0.15) is 12.0 Å². The van der Waals surface area contributed by atoms with Crippen LogP contribution in [0.4, 0.5) is 0 Å². The Hall–Kier alpha value is -1.23. The van der Waals surface area contributed by atoms with Gasteiger partial charge in [0.05, 0.1) is 11.6 Å². The van der Waals surface area contributed by atoms with Crippen LogP contribution in [0.3, 0.4) is 0 Å². The summed E-state index contributed by atoms with van der Waals surface area (Å²) in [4.78, 5) is 4.23. The van der Waals surface area contributed by atoms with E-state index in [1.807, 2.05) is 36.4 Å². The van der Waals surface area contributed by atoms with Crippen molar-refractivity contribution in [1.29, 1.82) is 0 Å². The largest absolute Gasteiger partial charge is 0.494 e. The molecule has 0 amide bonds. The fourth-order valence-corrected chi connectivity index (χ4v) is 2.70. The molecule has 0 radical (unpaired) electrons. The third-order valence-corrected chi connectivity index (χ3v) is 4.19. The molecule has 0 unspecified atom stereocenters. The van der Waals surface area contributed by atoms with Crippen LogP contribution in [0.25, 0.3) is 0 Å². The summed E-state index contributed by atoms with van der Waals surface area (Å²) in [7, 11) is 0. The van der Waals surface area contributed by atoms with Gasteiger partial charge in [-0.25, -0.2) is 4.98 Å². The number of halogens is 1. The van der Waals surface area contributed by atoms with E-state index in [4.69, 9.17) is 22.1 Å². The number of aromatic nitrogens is 1. The maximum absolute atomic E-state index is 6.04. The summed E-state index contributed by atoms with van der Waals surface area (Å²) in [6, 6.07) is 11.6. The summed E-state index contributed by atoms with van der Waals surface area (Å²) in [6.45, 7) is 1.24. The maximum atomic E-state index is 6.04. The van der Waals surface area contributed by atoms with Gasteiger partial charge in [-0.1, -0.05) is 23.7 Å². The molecule has 2 N–H and O–H groups in total. The van der Waals surface area contributed by atoms with Crippen molar-refractivity contribution in [3.8, 4) is 5.75 Å². The van der Waals surface area contributed by atoms with Crippen LogP contribution in [-0.2, 0) is 6.54 Å². The minimum absolute atomic E-state index is 0.557. The average Bonchev–Trinajstić information content (AvgIpc) is 2.49. The summed E-state index contributed by atoms with van der Waals surface area (Å²) >= 11 is 7.69. The predicted octanol–water partition coefficient (Wildman–Crippen LogP) is 3.75. The topological polar surface area (TPSA) is 48.1 Å². The smallest absolute Gasteiger partial charge is 0.119 e. The van der Waals surface area contributed by atoms with Crippen LogP contribution in [0.5, 0.6) is 5.75 Å². The van der Waals surface area contributed by atoms with Gasteiger partial charge >= 0.3 is 0 Å². The minimum Gasteiger partial charge on any atom is -0.494 e. The molecule has 5 heteroatoms. The van der Waals surface area contributed by atoms with Crippen LogP contribution >= 0.6 is 23.4 Å². The van der Waals surface area contributed by atoms with Gasteiger partial charge in [-0.15, -0.1) is 11.8 Å². The second-order valence-electron chi connectivity index (χ2n) is 4.19. The number of thioether (sulfide) groups is 1. The standard InChI is InChI=1S/C15H17ClN2OS/c16-14-3-1-8-18-15(14)20-10-2-9-19-13-6-4-12(11-17)5-7-13/h1,3-8H,2,9-11,17H2. The van der Waals surface area contributed by atoms with Gasteiger partial charge in [0.15, 0.2) is 0 Å². The molecule has 2 rings (SSSR count). The molecule has 0 atom stereocenters. The van der Waals surface area contributed by atoms with Crippen LogP contribution in [0, 0.1) is 0 Å². The molecule has 1 aromatic heterocycles. The predicted molar refractivity (Wildman–Crippen MR) is 84.4 cm³/mol. The van der Waals surface area contributed by atoms with Crippen LogP contribution < -0.4 is 10.5 Å². The van der Waals surface area contributed by atoms with E-state index in [-0.39, 0.29) is 0 Å². The van der Waals surface area contributed by atoms with Crippen LogP contribution in [0.15, 0.2) is 47.6 Å². The second-order valence-corrected chi connectivity index (χ2v) is 5.68. The molecule has 0 fully saturated rings. The monoisotopic (exact) mass is 308 g/mol. The van der Waals surface area contributed by atoms with Gasteiger partial charge in [-0.2, -0.15) is 0 Å². The zero-order chi connectivity index (χ0) is 14.2. The molecule has 0 aliphatic heterocycles. The van der Waals surface area contributed by atoms with Crippen molar-refractivity contribution in [1.82, 2.24) is 4.98 Å². The lowest BCUT2D eigenvalue weighted by molar-refractivity contribution is 0.318. The molecule has 3 nitrogen and oxygen atoms in total. The number of hydrogen-bond acceptors (Lipinski definition) is 4. The number of benzene rings is 1. The van der Waals surface area contributed by atoms with E-state index in [1.165, 1.54) is 0 Å². The lowest BCUT2D eigenvalue weighted by atomic mass is 10.2. The van der Waals surface area contributed by atoms with E-state index < -0.39 is 0 Å². The molecule has 1 aromatic carbocycles. The first-order valence-corrected chi connectivity index (χ1v) is 7.81. The number of nitrogens with zero attached hydrogens (tertiary/aromatic N) is 1. The van der Waals surface area contributed by atoms with Crippen molar-refractivity contribution in [3.05, 3.63) is 53.2 Å². The summed E-state index contributed by atoms with van der Waals surface area (Å²) < 4.78 is 5.67. The highest BCUT2D eigenvalue weighted by Gasteiger charge is 2.01. The third kappa shape index (κ3) is 4.71. The van der Waals surface area contributed by atoms with E-state index in [9.17, 15) is 0 Å². The van der Waals surface area contributed by atoms with E-state index >= 15 is 0 Å². The van der Waals surface area contributed by atoms with E-state index in [0.717, 1.165) is 28.5 Å². The fourth-order valence-electron chi connectivity index (χ4n) is 1.62. The van der Waals surface area contributed by atoms with Crippen molar-refractivity contribution in [2.75, 3.05) is 12.4 Å². The molecule has 0 saturated heterocycles. The number of ether oxygens (including phenoxy) is 1. The Balaban J connectivity index is 1.67. The van der Waals surface area contributed by atoms with E-state index in [0.29, 0.717) is 18.2 Å². The highest BCUT2D eigenvalue weighted by atomic mass is 35.5. The van der Waals surface area contributed by atoms with Crippen molar-refractivity contribution < 1.29 is 4.74 Å². The Kier molecular flexibility index (Phi) is 6.18. The van der Waals surface area contributed by atoms with Crippen molar-refractivity contribution in [2.45, 2.75) is 18.0 Å². The van der Waals surface area contributed by atoms with E-state index in [1.54, 1.807) is 18.0 Å². The Bertz CT molecular complexity index is 534. The first-order valence-electron chi connectivity index (χ1n) is 6.44. The molecular formula is C15H17ClN2OS. The summed E-state index contributed by atoms with van der Waals surface area (Å²) in [5, 5.41) is 1.58. The lowest BCUT2D eigenvalue weighted by Gasteiger charge is -2.07. The van der Waals surface area contributed by atoms with E-state index in [2.05, 4.69) is 4.98 Å². The Morgan fingerprint density at radius 2 is 2.00 bits per heavy atom. The minimum atomic E-state index is 0.557. The third-order valence-electron chi connectivity index (χ3n) is 2.68. The highest BCUT2D eigenvalue weighted by Crippen LogP contribution is 2.24. The number of rotatable bonds is 7. The van der Waals surface area contributed by atoms with Gasteiger partial charge in [0.1, 0.15) is 10.8 Å². The SMILES string of the molecule is NCc1ccc(OCCCSc2ncccc2Cl)cc1. The Morgan fingerprint density at radius 3 is 2.70 bits per heavy atom. The number of hydrogen-bond donors (Lipinski definition) is 1. The van der Waals surface area contributed by atoms with Crippen molar-refractivity contribution in [3.63, 3.8) is 0 Å².